The first kappa shape index (κ1) is 11.5. The van der Waals surface area contributed by atoms with Crippen molar-refractivity contribution in [2.45, 2.75) is 6.42 Å². The largest absolute Gasteiger partial charge is 0.507 e. The molecule has 0 unspecified atom stereocenters. The quantitative estimate of drug-likeness (QED) is 0.482. The van der Waals surface area contributed by atoms with E-state index in [2.05, 4.69) is 0 Å². The highest BCUT2D eigenvalue weighted by atomic mass is 16.5. The minimum Gasteiger partial charge on any atom is -0.507 e. The maximum Gasteiger partial charge on any atom is 0.339 e. The Hall–Kier alpha value is -2.55. The van der Waals surface area contributed by atoms with Crippen LogP contribution in [0.1, 0.15) is 11.1 Å². The van der Waals surface area contributed by atoms with Crippen LogP contribution in [0, 0.1) is 0 Å². The third-order valence-electron chi connectivity index (χ3n) is 3.08. The van der Waals surface area contributed by atoms with Crippen molar-refractivity contribution in [3.05, 3.63) is 65.2 Å². The summed E-state index contributed by atoms with van der Waals surface area (Å²) < 4.78 is 5.27. The summed E-state index contributed by atoms with van der Waals surface area (Å²) >= 11 is 0. The number of benzene rings is 2. The van der Waals surface area contributed by atoms with Crippen LogP contribution in [0.3, 0.4) is 0 Å². The van der Waals surface area contributed by atoms with Gasteiger partial charge in [-0.25, -0.2) is 4.79 Å². The Balaban J connectivity index is 1.99. The predicted molar refractivity (Wildman–Crippen MR) is 71.9 cm³/mol. The van der Waals surface area contributed by atoms with E-state index in [4.69, 9.17) is 4.74 Å². The maximum absolute atomic E-state index is 11.9. The van der Waals surface area contributed by atoms with Crippen LogP contribution in [-0.4, -0.2) is 11.1 Å². The Morgan fingerprint density at radius 2 is 1.79 bits per heavy atom. The Labute approximate surface area is 110 Å². The highest BCUT2D eigenvalue weighted by Gasteiger charge is 2.22. The smallest absolute Gasteiger partial charge is 0.339 e. The molecule has 0 atom stereocenters. The number of hydrogen-bond acceptors (Lipinski definition) is 3. The average Bonchev–Trinajstić information content (AvgIpc) is 2.42. The number of aromatic hydroxyl groups is 1. The molecule has 1 aliphatic rings. The molecule has 1 N–H and O–H groups in total. The summed E-state index contributed by atoms with van der Waals surface area (Å²) in [6, 6.07) is 14.4. The van der Waals surface area contributed by atoms with Crippen LogP contribution in [0.2, 0.25) is 0 Å². The first-order valence-corrected chi connectivity index (χ1v) is 6.03. The summed E-state index contributed by atoms with van der Waals surface area (Å²) in [5, 5.41) is 9.73. The van der Waals surface area contributed by atoms with E-state index in [0.29, 0.717) is 23.3 Å². The molecule has 1 heterocycles. The normalized spacial score (nSPS) is 16.0. The van der Waals surface area contributed by atoms with Gasteiger partial charge in [0, 0.05) is 17.6 Å². The molecule has 0 aliphatic carbocycles. The maximum atomic E-state index is 11.9. The first-order valence-electron chi connectivity index (χ1n) is 6.03. The molecule has 0 saturated carbocycles. The van der Waals surface area contributed by atoms with Crippen molar-refractivity contribution in [1.82, 2.24) is 0 Å². The molecule has 0 aromatic heterocycles. The lowest BCUT2D eigenvalue weighted by molar-refractivity contribution is -0.130. The zero-order valence-electron chi connectivity index (χ0n) is 10.2. The number of esters is 1. The molecule has 2 aromatic rings. The Morgan fingerprint density at radius 3 is 2.63 bits per heavy atom. The second-order valence-electron chi connectivity index (χ2n) is 4.40. The number of carbonyl (C=O) groups excluding carboxylic acids is 1. The topological polar surface area (TPSA) is 46.5 Å². The Bertz CT molecular complexity index is 671. The van der Waals surface area contributed by atoms with Crippen molar-refractivity contribution in [3.63, 3.8) is 0 Å². The number of phenols is 1. The van der Waals surface area contributed by atoms with Crippen LogP contribution < -0.4 is 4.74 Å². The van der Waals surface area contributed by atoms with Crippen LogP contribution in [-0.2, 0) is 11.2 Å². The zero-order chi connectivity index (χ0) is 13.2. The molecule has 3 heteroatoms. The molecule has 2 aromatic carbocycles. The second kappa shape index (κ2) is 4.61. The van der Waals surface area contributed by atoms with Crippen molar-refractivity contribution in [2.24, 2.45) is 0 Å². The predicted octanol–water partition coefficient (Wildman–Crippen LogP) is 2.94. The van der Waals surface area contributed by atoms with Gasteiger partial charge >= 0.3 is 5.97 Å². The molecule has 0 saturated heterocycles. The summed E-state index contributed by atoms with van der Waals surface area (Å²) in [5.74, 6) is 0.408. The van der Waals surface area contributed by atoms with Gasteiger partial charge < -0.3 is 9.84 Å². The molecule has 0 radical (unpaired) electrons. The van der Waals surface area contributed by atoms with Crippen LogP contribution in [0.15, 0.2) is 54.1 Å². The molecule has 0 spiro atoms. The third-order valence-corrected chi connectivity index (χ3v) is 3.08. The molecule has 19 heavy (non-hydrogen) atoms. The van der Waals surface area contributed by atoms with Crippen molar-refractivity contribution in [3.8, 4) is 11.5 Å². The van der Waals surface area contributed by atoms with Crippen molar-refractivity contribution in [1.29, 1.82) is 0 Å². The van der Waals surface area contributed by atoms with E-state index in [9.17, 15) is 9.90 Å². The van der Waals surface area contributed by atoms with Gasteiger partial charge in [0.25, 0.3) is 0 Å². The molecule has 0 fully saturated rings. The summed E-state index contributed by atoms with van der Waals surface area (Å²) in [6.07, 6.45) is 2.19. The number of para-hydroxylation sites is 2. The lowest BCUT2D eigenvalue weighted by Crippen LogP contribution is -2.19. The highest BCUT2D eigenvalue weighted by Crippen LogP contribution is 2.29. The number of phenolic OH excluding ortho intramolecular Hbond substituents is 1. The van der Waals surface area contributed by atoms with Crippen molar-refractivity contribution >= 4 is 12.0 Å². The summed E-state index contributed by atoms with van der Waals surface area (Å²) in [4.78, 5) is 11.9. The van der Waals surface area contributed by atoms with Crippen molar-refractivity contribution < 1.29 is 14.6 Å². The minimum absolute atomic E-state index is 0.154. The molecular formula is C16H12O3. The molecule has 1 aliphatic heterocycles. The van der Waals surface area contributed by atoms with E-state index in [1.807, 2.05) is 24.3 Å². The molecule has 94 valence electrons. The lowest BCUT2D eigenvalue weighted by Gasteiger charge is -2.17. The Morgan fingerprint density at radius 1 is 1.05 bits per heavy atom. The third kappa shape index (κ3) is 2.22. The number of rotatable bonds is 1. The van der Waals surface area contributed by atoms with E-state index >= 15 is 0 Å². The fourth-order valence-corrected chi connectivity index (χ4v) is 2.10. The van der Waals surface area contributed by atoms with E-state index in [-0.39, 0.29) is 11.7 Å². The van der Waals surface area contributed by atoms with Crippen LogP contribution >= 0.6 is 0 Å². The molecular weight excluding hydrogens is 240 g/mol. The molecule has 0 amide bonds. The van der Waals surface area contributed by atoms with Crippen LogP contribution in [0.5, 0.6) is 11.5 Å². The SMILES string of the molecule is O=C1Oc2ccccc2CC1=Cc1ccccc1O. The summed E-state index contributed by atoms with van der Waals surface area (Å²) in [7, 11) is 0. The van der Waals surface area contributed by atoms with Gasteiger partial charge in [-0.05, 0) is 23.8 Å². The lowest BCUT2D eigenvalue weighted by atomic mass is 9.99. The van der Waals surface area contributed by atoms with Crippen LogP contribution in [0.4, 0.5) is 0 Å². The van der Waals surface area contributed by atoms with Gasteiger partial charge in [0.2, 0.25) is 0 Å². The van der Waals surface area contributed by atoms with Gasteiger partial charge in [-0.3, -0.25) is 0 Å². The average molecular weight is 252 g/mol. The second-order valence-corrected chi connectivity index (χ2v) is 4.40. The van der Waals surface area contributed by atoms with Crippen molar-refractivity contribution in [2.75, 3.05) is 0 Å². The standard InChI is InChI=1S/C16H12O3/c17-14-7-3-1-5-11(14)9-13-10-12-6-2-4-8-15(12)19-16(13)18/h1-9,17H,10H2. The fourth-order valence-electron chi connectivity index (χ4n) is 2.10. The zero-order valence-corrected chi connectivity index (χ0v) is 10.2. The van der Waals surface area contributed by atoms with Gasteiger partial charge in [0.05, 0.1) is 0 Å². The number of ether oxygens (including phenoxy) is 1. The van der Waals surface area contributed by atoms with Gasteiger partial charge in [-0.2, -0.15) is 0 Å². The van der Waals surface area contributed by atoms with E-state index in [1.165, 1.54) is 0 Å². The van der Waals surface area contributed by atoms with E-state index in [0.717, 1.165) is 5.56 Å². The Kier molecular flexibility index (Phi) is 2.80. The van der Waals surface area contributed by atoms with Gasteiger partial charge in [0.1, 0.15) is 11.5 Å². The molecule has 3 rings (SSSR count). The number of fused-ring (bicyclic) bond motifs is 1. The minimum atomic E-state index is -0.359. The highest BCUT2D eigenvalue weighted by molar-refractivity contribution is 5.97. The van der Waals surface area contributed by atoms with E-state index in [1.54, 1.807) is 30.3 Å². The molecule has 0 bridgehead atoms. The summed E-state index contributed by atoms with van der Waals surface area (Å²) in [6.45, 7) is 0. The fraction of sp³-hybridized carbons (Fsp3) is 0.0625. The van der Waals surface area contributed by atoms with Gasteiger partial charge in [0.15, 0.2) is 0 Å². The number of hydrogen-bond donors (Lipinski definition) is 1. The van der Waals surface area contributed by atoms with Gasteiger partial charge in [-0.15, -0.1) is 0 Å². The van der Waals surface area contributed by atoms with Crippen LogP contribution in [0.25, 0.3) is 6.08 Å². The van der Waals surface area contributed by atoms with Gasteiger partial charge in [-0.1, -0.05) is 36.4 Å². The number of carbonyl (C=O) groups is 1. The summed E-state index contributed by atoms with van der Waals surface area (Å²) in [5.41, 5.74) is 2.14. The molecule has 3 nitrogen and oxygen atoms in total. The van der Waals surface area contributed by atoms with E-state index < -0.39 is 0 Å². The monoisotopic (exact) mass is 252 g/mol. The first-order chi connectivity index (χ1) is 9.24.